The van der Waals surface area contributed by atoms with Crippen LogP contribution in [-0.4, -0.2) is 20.9 Å². The Bertz CT molecular complexity index is 1410. The predicted molar refractivity (Wildman–Crippen MR) is 139 cm³/mol. The molecule has 0 unspecified atom stereocenters. The van der Waals surface area contributed by atoms with E-state index in [9.17, 15) is 13.2 Å². The maximum atomic E-state index is 13.2. The van der Waals surface area contributed by atoms with Crippen LogP contribution in [0.3, 0.4) is 0 Å². The molecule has 0 aliphatic carbocycles. The van der Waals surface area contributed by atoms with Gasteiger partial charge >= 0.3 is 0 Å². The lowest BCUT2D eigenvalue weighted by Crippen LogP contribution is -2.16. The maximum absolute atomic E-state index is 13.2. The zero-order valence-corrected chi connectivity index (χ0v) is 20.6. The quantitative estimate of drug-likeness (QED) is 0.295. The standard InChI is InChI=1S/C29H28N2O4S/c30-29(32)27-19-26(15-16-28(27)35-21-24-9-5-2-6-10-24)36(33,34)25-13-11-22(12-14-25)17-18-31-20-23-7-3-1-4-8-23/h1-16,19,31H,17-18,20-21H2,(H2,30,32). The smallest absolute Gasteiger partial charge is 0.252 e. The average molecular weight is 501 g/mol. The number of amides is 1. The molecule has 0 aliphatic heterocycles. The predicted octanol–water partition coefficient (Wildman–Crippen LogP) is 4.53. The summed E-state index contributed by atoms with van der Waals surface area (Å²) < 4.78 is 32.2. The molecule has 0 saturated carbocycles. The van der Waals surface area contributed by atoms with Gasteiger partial charge in [0.1, 0.15) is 12.4 Å². The van der Waals surface area contributed by atoms with Crippen LogP contribution in [0, 0.1) is 0 Å². The Balaban J connectivity index is 1.42. The molecule has 0 atom stereocenters. The summed E-state index contributed by atoms with van der Waals surface area (Å²) in [6.45, 7) is 1.78. The third kappa shape index (κ3) is 6.38. The van der Waals surface area contributed by atoms with Crippen LogP contribution >= 0.6 is 0 Å². The van der Waals surface area contributed by atoms with Gasteiger partial charge in [-0.2, -0.15) is 0 Å². The fraction of sp³-hybridized carbons (Fsp3) is 0.138. The number of carbonyl (C=O) groups excluding carboxylic acids is 1. The number of hydrogen-bond acceptors (Lipinski definition) is 5. The minimum atomic E-state index is -3.84. The van der Waals surface area contributed by atoms with Crippen molar-refractivity contribution in [3.8, 4) is 5.75 Å². The molecule has 1 amide bonds. The summed E-state index contributed by atoms with van der Waals surface area (Å²) in [4.78, 5) is 12.2. The Hall–Kier alpha value is -3.94. The van der Waals surface area contributed by atoms with Gasteiger partial charge in [-0.15, -0.1) is 0 Å². The third-order valence-electron chi connectivity index (χ3n) is 5.76. The van der Waals surface area contributed by atoms with Gasteiger partial charge in [0.05, 0.1) is 15.4 Å². The maximum Gasteiger partial charge on any atom is 0.252 e. The molecule has 0 bridgehead atoms. The van der Waals surface area contributed by atoms with Gasteiger partial charge < -0.3 is 15.8 Å². The number of nitrogens with one attached hydrogen (secondary N) is 1. The second kappa shape index (κ2) is 11.7. The molecule has 0 aromatic heterocycles. The Kier molecular flexibility index (Phi) is 8.15. The van der Waals surface area contributed by atoms with Gasteiger partial charge in [0.15, 0.2) is 0 Å². The fourth-order valence-electron chi connectivity index (χ4n) is 3.76. The highest BCUT2D eigenvalue weighted by atomic mass is 32.2. The Morgan fingerprint density at radius 1 is 0.750 bits per heavy atom. The molecule has 0 fully saturated rings. The van der Waals surface area contributed by atoms with Crippen molar-refractivity contribution in [2.75, 3.05) is 6.54 Å². The van der Waals surface area contributed by atoms with E-state index in [4.69, 9.17) is 10.5 Å². The van der Waals surface area contributed by atoms with E-state index in [0.29, 0.717) is 0 Å². The first-order valence-electron chi connectivity index (χ1n) is 11.6. The van der Waals surface area contributed by atoms with Gasteiger partial charge in [0.2, 0.25) is 9.84 Å². The first-order chi connectivity index (χ1) is 17.4. The number of nitrogens with two attached hydrogens (primary N) is 1. The molecule has 6 nitrogen and oxygen atoms in total. The van der Waals surface area contributed by atoms with Crippen molar-refractivity contribution in [2.45, 2.75) is 29.4 Å². The summed E-state index contributed by atoms with van der Waals surface area (Å²) in [5.41, 5.74) is 8.71. The largest absolute Gasteiger partial charge is 0.488 e. The van der Waals surface area contributed by atoms with Gasteiger partial charge in [0, 0.05) is 6.54 Å². The molecule has 7 heteroatoms. The molecule has 4 rings (SSSR count). The Morgan fingerprint density at radius 2 is 1.36 bits per heavy atom. The van der Waals surface area contributed by atoms with E-state index in [1.54, 1.807) is 12.1 Å². The SMILES string of the molecule is NC(=O)c1cc(S(=O)(=O)c2ccc(CCNCc3ccccc3)cc2)ccc1OCc1ccccc1. The Morgan fingerprint density at radius 3 is 2.00 bits per heavy atom. The van der Waals surface area contributed by atoms with Crippen molar-refractivity contribution in [3.63, 3.8) is 0 Å². The number of carbonyl (C=O) groups is 1. The van der Waals surface area contributed by atoms with Crippen LogP contribution < -0.4 is 15.8 Å². The second-order valence-corrected chi connectivity index (χ2v) is 10.3. The summed E-state index contributed by atoms with van der Waals surface area (Å²) in [5.74, 6) is -0.517. The fourth-order valence-corrected chi connectivity index (χ4v) is 5.05. The van der Waals surface area contributed by atoms with Crippen molar-refractivity contribution in [1.29, 1.82) is 0 Å². The highest BCUT2D eigenvalue weighted by Gasteiger charge is 2.21. The van der Waals surface area contributed by atoms with Crippen LogP contribution in [0.2, 0.25) is 0 Å². The lowest BCUT2D eigenvalue weighted by Gasteiger charge is -2.12. The number of rotatable bonds is 11. The van der Waals surface area contributed by atoms with E-state index < -0.39 is 15.7 Å². The number of primary amides is 1. The average Bonchev–Trinajstić information content (AvgIpc) is 2.91. The highest BCUT2D eigenvalue weighted by Crippen LogP contribution is 2.27. The monoisotopic (exact) mass is 500 g/mol. The lowest BCUT2D eigenvalue weighted by atomic mass is 10.1. The van der Waals surface area contributed by atoms with Crippen LogP contribution in [0.25, 0.3) is 0 Å². The van der Waals surface area contributed by atoms with Crippen molar-refractivity contribution in [2.24, 2.45) is 5.73 Å². The van der Waals surface area contributed by atoms with Crippen LogP contribution in [0.15, 0.2) is 113 Å². The van der Waals surface area contributed by atoms with Gasteiger partial charge in [-0.25, -0.2) is 8.42 Å². The van der Waals surface area contributed by atoms with Crippen molar-refractivity contribution >= 4 is 15.7 Å². The minimum Gasteiger partial charge on any atom is -0.488 e. The van der Waals surface area contributed by atoms with Gasteiger partial charge in [-0.1, -0.05) is 72.8 Å². The summed E-state index contributed by atoms with van der Waals surface area (Å²) in [6, 6.07) is 30.6. The zero-order valence-electron chi connectivity index (χ0n) is 19.8. The van der Waals surface area contributed by atoms with E-state index in [2.05, 4.69) is 17.4 Å². The molecule has 0 heterocycles. The number of hydrogen-bond donors (Lipinski definition) is 2. The third-order valence-corrected chi connectivity index (χ3v) is 7.53. The minimum absolute atomic E-state index is 0.0133. The van der Waals surface area contributed by atoms with Crippen LogP contribution in [0.1, 0.15) is 27.0 Å². The molecule has 0 radical (unpaired) electrons. The molecular weight excluding hydrogens is 472 g/mol. The summed E-state index contributed by atoms with van der Waals surface area (Å²) in [5, 5.41) is 3.39. The van der Waals surface area contributed by atoms with E-state index in [-0.39, 0.29) is 27.7 Å². The van der Waals surface area contributed by atoms with E-state index in [1.807, 2.05) is 60.7 Å². The van der Waals surface area contributed by atoms with Crippen LogP contribution in [0.4, 0.5) is 0 Å². The van der Waals surface area contributed by atoms with Crippen LogP contribution in [-0.2, 0) is 29.4 Å². The molecule has 0 aliphatic rings. The Labute approximate surface area is 211 Å². The molecular formula is C29H28N2O4S. The number of benzene rings is 4. The summed E-state index contributed by atoms with van der Waals surface area (Å²) in [6.07, 6.45) is 0.770. The van der Waals surface area contributed by atoms with Gasteiger partial charge in [0.25, 0.3) is 5.91 Å². The van der Waals surface area contributed by atoms with Crippen molar-refractivity contribution < 1.29 is 17.9 Å². The highest BCUT2D eigenvalue weighted by molar-refractivity contribution is 7.91. The lowest BCUT2D eigenvalue weighted by molar-refractivity contribution is 0.0995. The molecule has 0 spiro atoms. The second-order valence-electron chi connectivity index (χ2n) is 8.36. The number of sulfone groups is 1. The van der Waals surface area contributed by atoms with E-state index in [1.165, 1.54) is 23.8 Å². The molecule has 184 valence electrons. The molecule has 36 heavy (non-hydrogen) atoms. The van der Waals surface area contributed by atoms with Crippen LogP contribution in [0.5, 0.6) is 5.75 Å². The normalized spacial score (nSPS) is 11.2. The van der Waals surface area contributed by atoms with E-state index >= 15 is 0 Å². The van der Waals surface area contributed by atoms with E-state index in [0.717, 1.165) is 30.6 Å². The van der Waals surface area contributed by atoms with Gasteiger partial charge in [-0.3, -0.25) is 4.79 Å². The molecule has 4 aromatic rings. The zero-order chi connectivity index (χ0) is 25.4. The molecule has 0 saturated heterocycles. The first kappa shape index (κ1) is 25.2. The molecule has 3 N–H and O–H groups in total. The first-order valence-corrected chi connectivity index (χ1v) is 13.1. The summed E-state index contributed by atoms with van der Waals surface area (Å²) in [7, 11) is -3.84. The van der Waals surface area contributed by atoms with Crippen molar-refractivity contribution in [1.82, 2.24) is 5.32 Å². The topological polar surface area (TPSA) is 98.5 Å². The van der Waals surface area contributed by atoms with Gasteiger partial charge in [-0.05, 0) is 60.0 Å². The number of ether oxygens (including phenoxy) is 1. The molecule has 4 aromatic carbocycles. The van der Waals surface area contributed by atoms with Crippen molar-refractivity contribution in [3.05, 3.63) is 125 Å². The summed E-state index contributed by atoms with van der Waals surface area (Å²) >= 11 is 0.